The third-order valence-electron chi connectivity index (χ3n) is 2.34. The second-order valence-corrected chi connectivity index (χ2v) is 4.63. The monoisotopic (exact) mass is 251 g/mol. The van der Waals surface area contributed by atoms with Crippen molar-refractivity contribution in [3.63, 3.8) is 0 Å². The molecular weight excluding hydrogens is 238 g/mol. The van der Waals surface area contributed by atoms with Gasteiger partial charge < -0.3 is 9.57 Å². The minimum absolute atomic E-state index is 0.367. The molecule has 90 valence electrons. The van der Waals surface area contributed by atoms with Gasteiger partial charge >= 0.3 is 5.97 Å². The van der Waals surface area contributed by atoms with Crippen molar-refractivity contribution in [3.05, 3.63) is 30.3 Å². The number of ether oxygens (including phenoxy) is 1. The lowest BCUT2D eigenvalue weighted by Crippen LogP contribution is -2.22. The fourth-order valence-corrected chi connectivity index (χ4v) is 2.31. The first-order valence-corrected chi connectivity index (χ1v) is 6.25. The van der Waals surface area contributed by atoms with Crippen LogP contribution >= 0.6 is 11.8 Å². The van der Waals surface area contributed by atoms with Gasteiger partial charge in [-0.05, 0) is 12.1 Å². The van der Waals surface area contributed by atoms with Crippen molar-refractivity contribution in [1.29, 1.82) is 0 Å². The molecule has 5 heteroatoms. The molecule has 1 unspecified atom stereocenters. The number of carbonyl (C=O) groups excluding carboxylic acids is 1. The van der Waals surface area contributed by atoms with Crippen LogP contribution < -0.4 is 0 Å². The molecule has 2 rings (SSSR count). The van der Waals surface area contributed by atoms with E-state index >= 15 is 0 Å². The third kappa shape index (κ3) is 3.23. The van der Waals surface area contributed by atoms with Gasteiger partial charge in [-0.25, -0.2) is 4.79 Å². The van der Waals surface area contributed by atoms with E-state index in [0.717, 1.165) is 11.5 Å². The number of oxime groups is 1. The van der Waals surface area contributed by atoms with Crippen molar-refractivity contribution < 1.29 is 14.4 Å². The summed E-state index contributed by atoms with van der Waals surface area (Å²) in [4.78, 5) is 17.4. The van der Waals surface area contributed by atoms with E-state index in [4.69, 9.17) is 4.84 Å². The number of nitrogens with zero attached hydrogens (tertiary/aromatic N) is 1. The number of carbonyl (C=O) groups is 1. The number of hydrogen-bond acceptors (Lipinski definition) is 5. The van der Waals surface area contributed by atoms with E-state index in [1.807, 2.05) is 30.3 Å². The molecule has 1 aliphatic rings. The molecule has 0 fully saturated rings. The van der Waals surface area contributed by atoms with E-state index in [1.54, 1.807) is 11.8 Å². The number of esters is 1. The van der Waals surface area contributed by atoms with E-state index in [0.29, 0.717) is 6.42 Å². The van der Waals surface area contributed by atoms with Crippen LogP contribution in [0.1, 0.15) is 6.42 Å². The van der Waals surface area contributed by atoms with E-state index in [-0.39, 0.29) is 5.97 Å². The summed E-state index contributed by atoms with van der Waals surface area (Å²) in [6.07, 6.45) is -0.0432. The highest BCUT2D eigenvalue weighted by atomic mass is 32.2. The number of rotatable bonds is 4. The largest absolute Gasteiger partial charge is 0.466 e. The summed E-state index contributed by atoms with van der Waals surface area (Å²) in [6, 6.07) is 10.0. The summed E-state index contributed by atoms with van der Waals surface area (Å²) >= 11 is 1.68. The van der Waals surface area contributed by atoms with E-state index in [9.17, 15) is 4.79 Å². The Labute approximate surface area is 104 Å². The lowest BCUT2D eigenvalue weighted by molar-refractivity contribution is -0.152. The minimum Gasteiger partial charge on any atom is -0.466 e. The number of hydrogen-bond donors (Lipinski definition) is 0. The Morgan fingerprint density at radius 3 is 3.00 bits per heavy atom. The van der Waals surface area contributed by atoms with Crippen molar-refractivity contribution in [2.24, 2.45) is 5.16 Å². The highest BCUT2D eigenvalue weighted by Gasteiger charge is 2.28. The summed E-state index contributed by atoms with van der Waals surface area (Å²) < 4.78 is 4.60. The number of methoxy groups -OCH3 is 1. The van der Waals surface area contributed by atoms with Crippen molar-refractivity contribution in [3.8, 4) is 0 Å². The second-order valence-electron chi connectivity index (χ2n) is 3.58. The fourth-order valence-electron chi connectivity index (χ4n) is 1.45. The molecule has 0 bridgehead atoms. The smallest absolute Gasteiger partial charge is 0.350 e. The SMILES string of the molecule is COC(=O)C1CC(CSc2ccccc2)=NO1. The van der Waals surface area contributed by atoms with Crippen LogP contribution in [0.3, 0.4) is 0 Å². The molecule has 0 N–H and O–H groups in total. The van der Waals surface area contributed by atoms with Crippen LogP contribution in [0.5, 0.6) is 0 Å². The molecule has 1 aromatic rings. The molecule has 1 aliphatic heterocycles. The van der Waals surface area contributed by atoms with Crippen LogP contribution in [0.25, 0.3) is 0 Å². The Morgan fingerprint density at radius 1 is 1.53 bits per heavy atom. The molecule has 1 atom stereocenters. The van der Waals surface area contributed by atoms with Gasteiger partial charge in [-0.3, -0.25) is 0 Å². The van der Waals surface area contributed by atoms with E-state index in [2.05, 4.69) is 9.89 Å². The van der Waals surface area contributed by atoms with Crippen molar-refractivity contribution in [2.45, 2.75) is 17.4 Å². The summed E-state index contributed by atoms with van der Waals surface area (Å²) in [7, 11) is 1.35. The standard InChI is InChI=1S/C12H13NO3S/c1-15-12(14)11-7-9(13-16-11)8-17-10-5-3-2-4-6-10/h2-6,11H,7-8H2,1H3. The fraction of sp³-hybridized carbons (Fsp3) is 0.333. The normalized spacial score (nSPS) is 18.4. The van der Waals surface area contributed by atoms with Gasteiger partial charge in [-0.1, -0.05) is 23.4 Å². The minimum atomic E-state index is -0.564. The molecule has 4 nitrogen and oxygen atoms in total. The van der Waals surface area contributed by atoms with Crippen LogP contribution in [0.15, 0.2) is 40.4 Å². The molecule has 0 saturated heterocycles. The first-order chi connectivity index (χ1) is 8.29. The first kappa shape index (κ1) is 12.0. The van der Waals surface area contributed by atoms with Crippen LogP contribution in [0, 0.1) is 0 Å². The van der Waals surface area contributed by atoms with Crippen molar-refractivity contribution in [2.75, 3.05) is 12.9 Å². The van der Waals surface area contributed by atoms with Crippen LogP contribution in [-0.4, -0.2) is 30.6 Å². The Bertz CT molecular complexity index is 419. The van der Waals surface area contributed by atoms with Gasteiger partial charge in [0, 0.05) is 17.1 Å². The van der Waals surface area contributed by atoms with Gasteiger partial charge in [0.05, 0.1) is 12.8 Å². The van der Waals surface area contributed by atoms with Crippen molar-refractivity contribution >= 4 is 23.4 Å². The summed E-state index contributed by atoms with van der Waals surface area (Å²) in [5, 5.41) is 3.90. The maximum absolute atomic E-state index is 11.2. The molecular formula is C12H13NO3S. The summed E-state index contributed by atoms with van der Waals surface area (Å²) in [5.41, 5.74) is 0.884. The molecule has 0 aromatic heterocycles. The van der Waals surface area contributed by atoms with E-state index in [1.165, 1.54) is 12.0 Å². The molecule has 0 spiro atoms. The molecule has 17 heavy (non-hydrogen) atoms. The molecule has 1 heterocycles. The molecule has 0 radical (unpaired) electrons. The van der Waals surface area contributed by atoms with Crippen LogP contribution in [0.4, 0.5) is 0 Å². The maximum atomic E-state index is 11.2. The summed E-state index contributed by atoms with van der Waals surface area (Å²) in [6.45, 7) is 0. The Hall–Kier alpha value is -1.49. The van der Waals surface area contributed by atoms with Gasteiger partial charge in [0.2, 0.25) is 6.10 Å². The zero-order chi connectivity index (χ0) is 12.1. The van der Waals surface area contributed by atoms with Gasteiger partial charge in [-0.15, -0.1) is 11.8 Å². The lowest BCUT2D eigenvalue weighted by atomic mass is 10.2. The highest BCUT2D eigenvalue weighted by molar-refractivity contribution is 8.00. The topological polar surface area (TPSA) is 47.9 Å². The van der Waals surface area contributed by atoms with Gasteiger partial charge in [0.15, 0.2) is 0 Å². The lowest BCUT2D eigenvalue weighted by Gasteiger charge is -2.04. The average molecular weight is 251 g/mol. The Morgan fingerprint density at radius 2 is 2.29 bits per heavy atom. The molecule has 0 amide bonds. The Balaban J connectivity index is 1.80. The molecule has 1 aromatic carbocycles. The predicted octanol–water partition coefficient (Wildman–Crippen LogP) is 2.10. The van der Waals surface area contributed by atoms with E-state index < -0.39 is 6.10 Å². The first-order valence-electron chi connectivity index (χ1n) is 5.27. The maximum Gasteiger partial charge on any atom is 0.350 e. The van der Waals surface area contributed by atoms with Gasteiger partial charge in [-0.2, -0.15) is 0 Å². The quantitative estimate of drug-likeness (QED) is 0.607. The average Bonchev–Trinajstić information content (AvgIpc) is 2.85. The van der Waals surface area contributed by atoms with Gasteiger partial charge in [0.1, 0.15) is 0 Å². The molecule has 0 aliphatic carbocycles. The van der Waals surface area contributed by atoms with Crippen molar-refractivity contribution in [1.82, 2.24) is 0 Å². The number of benzene rings is 1. The van der Waals surface area contributed by atoms with Crippen LogP contribution in [0.2, 0.25) is 0 Å². The predicted molar refractivity (Wildman–Crippen MR) is 66.1 cm³/mol. The Kier molecular flexibility index (Phi) is 4.03. The van der Waals surface area contributed by atoms with Crippen LogP contribution in [-0.2, 0) is 14.4 Å². The summed E-state index contributed by atoms with van der Waals surface area (Å²) in [5.74, 6) is 0.366. The zero-order valence-corrected chi connectivity index (χ0v) is 10.3. The zero-order valence-electron chi connectivity index (χ0n) is 9.46. The second kappa shape index (κ2) is 5.72. The highest BCUT2D eigenvalue weighted by Crippen LogP contribution is 2.21. The third-order valence-corrected chi connectivity index (χ3v) is 3.43. The van der Waals surface area contributed by atoms with Gasteiger partial charge in [0.25, 0.3) is 0 Å². The molecule has 0 saturated carbocycles. The number of thioether (sulfide) groups is 1.